The molecular weight excluding hydrogens is 95.5 g/mol. The molecule has 0 saturated heterocycles. The van der Waals surface area contributed by atoms with Crippen LogP contribution in [-0.4, -0.2) is 5.38 Å². The molecule has 0 nitrogen and oxygen atoms in total. The fraction of sp³-hybridized carbons (Fsp3) is 0.600. The van der Waals surface area contributed by atoms with Gasteiger partial charge in [-0.1, -0.05) is 12.2 Å². The second-order valence-electron chi connectivity index (χ2n) is 1.20. The lowest BCUT2D eigenvalue weighted by molar-refractivity contribution is 1.22. The van der Waals surface area contributed by atoms with Crippen molar-refractivity contribution in [3.05, 3.63) is 12.2 Å². The number of hydrogen-bond acceptors (Lipinski definition) is 0. The lowest BCUT2D eigenvalue weighted by Gasteiger charge is -1.84. The first-order chi connectivity index (χ1) is 2.77. The summed E-state index contributed by atoms with van der Waals surface area (Å²) in [7, 11) is 0. The molecule has 0 aliphatic heterocycles. The number of allylic oxidation sites excluding steroid dienone is 2. The summed E-state index contributed by atoms with van der Waals surface area (Å²) in [5.74, 6) is 0. The Kier molecular flexibility index (Phi) is 3.24. The van der Waals surface area contributed by atoms with Crippen molar-refractivity contribution in [1.29, 1.82) is 0 Å². The Bertz CT molecular complexity index is 45.9. The van der Waals surface area contributed by atoms with Crippen molar-refractivity contribution < 1.29 is 0 Å². The Morgan fingerprint density at radius 3 is 2.17 bits per heavy atom. The average molecular weight is 105 g/mol. The zero-order chi connectivity index (χ0) is 4.99. The van der Waals surface area contributed by atoms with Crippen molar-refractivity contribution in [1.82, 2.24) is 0 Å². The van der Waals surface area contributed by atoms with Gasteiger partial charge in [-0.05, 0) is 13.8 Å². The van der Waals surface area contributed by atoms with Crippen LogP contribution in [0, 0.1) is 0 Å². The third kappa shape index (κ3) is 4.03. The van der Waals surface area contributed by atoms with E-state index in [1.54, 1.807) is 0 Å². The first-order valence-electron chi connectivity index (χ1n) is 2.04. The van der Waals surface area contributed by atoms with Gasteiger partial charge in [0.2, 0.25) is 0 Å². The van der Waals surface area contributed by atoms with E-state index in [9.17, 15) is 0 Å². The molecule has 0 rings (SSSR count). The molecule has 0 heterocycles. The first kappa shape index (κ1) is 6.03. The fourth-order valence-electron chi connectivity index (χ4n) is 0.265. The summed E-state index contributed by atoms with van der Waals surface area (Å²) >= 11 is 5.49. The second kappa shape index (κ2) is 3.23. The van der Waals surface area contributed by atoms with E-state index in [0.29, 0.717) is 0 Å². The SMILES string of the molecule is CC=CC(C)Cl. The summed E-state index contributed by atoms with van der Waals surface area (Å²) in [5.41, 5.74) is 0. The third-order valence-electron chi connectivity index (χ3n) is 0.458. The van der Waals surface area contributed by atoms with E-state index in [1.807, 2.05) is 26.0 Å². The Labute approximate surface area is 43.8 Å². The smallest absolute Gasteiger partial charge is 0.0487 e. The Morgan fingerprint density at radius 1 is 1.67 bits per heavy atom. The number of rotatable bonds is 1. The van der Waals surface area contributed by atoms with E-state index in [4.69, 9.17) is 11.6 Å². The minimum Gasteiger partial charge on any atom is -0.119 e. The highest BCUT2D eigenvalue weighted by atomic mass is 35.5. The summed E-state index contributed by atoms with van der Waals surface area (Å²) in [5, 5.41) is 0.190. The van der Waals surface area contributed by atoms with Gasteiger partial charge in [-0.2, -0.15) is 0 Å². The van der Waals surface area contributed by atoms with Gasteiger partial charge in [-0.3, -0.25) is 0 Å². The van der Waals surface area contributed by atoms with Crippen LogP contribution in [0.3, 0.4) is 0 Å². The monoisotopic (exact) mass is 104 g/mol. The molecule has 0 saturated carbocycles. The van der Waals surface area contributed by atoms with Crippen molar-refractivity contribution in [2.45, 2.75) is 19.2 Å². The standard InChI is InChI=1S/C5H9Cl/c1-3-4-5(2)6/h3-5H,1-2H3. The second-order valence-corrected chi connectivity index (χ2v) is 1.89. The van der Waals surface area contributed by atoms with Gasteiger partial charge in [0.15, 0.2) is 0 Å². The molecule has 0 bridgehead atoms. The molecule has 0 fully saturated rings. The third-order valence-corrected chi connectivity index (χ3v) is 0.603. The minimum absolute atomic E-state index is 0.190. The number of alkyl halides is 1. The van der Waals surface area contributed by atoms with Crippen LogP contribution in [0.4, 0.5) is 0 Å². The van der Waals surface area contributed by atoms with Gasteiger partial charge in [0, 0.05) is 5.38 Å². The zero-order valence-corrected chi connectivity index (χ0v) is 4.87. The first-order valence-corrected chi connectivity index (χ1v) is 2.48. The molecule has 6 heavy (non-hydrogen) atoms. The molecule has 0 aliphatic carbocycles. The maximum Gasteiger partial charge on any atom is 0.0487 e. The zero-order valence-electron chi connectivity index (χ0n) is 4.11. The minimum atomic E-state index is 0.190. The van der Waals surface area contributed by atoms with Gasteiger partial charge in [-0.15, -0.1) is 11.6 Å². The van der Waals surface area contributed by atoms with Crippen LogP contribution in [-0.2, 0) is 0 Å². The Hall–Kier alpha value is 0.0300. The molecular formula is C5H9Cl. The Morgan fingerprint density at radius 2 is 2.17 bits per heavy atom. The van der Waals surface area contributed by atoms with Gasteiger partial charge in [0.05, 0.1) is 0 Å². The highest BCUT2D eigenvalue weighted by Crippen LogP contribution is 1.92. The van der Waals surface area contributed by atoms with Crippen molar-refractivity contribution in [3.63, 3.8) is 0 Å². The van der Waals surface area contributed by atoms with E-state index in [1.165, 1.54) is 0 Å². The lowest BCUT2D eigenvalue weighted by Crippen LogP contribution is -1.77. The predicted molar refractivity (Wildman–Crippen MR) is 30.1 cm³/mol. The van der Waals surface area contributed by atoms with Crippen molar-refractivity contribution in [2.24, 2.45) is 0 Å². The van der Waals surface area contributed by atoms with Crippen molar-refractivity contribution >= 4 is 11.6 Å². The van der Waals surface area contributed by atoms with E-state index in [2.05, 4.69) is 0 Å². The topological polar surface area (TPSA) is 0 Å². The highest BCUT2D eigenvalue weighted by Gasteiger charge is 1.79. The molecule has 0 amide bonds. The van der Waals surface area contributed by atoms with Gasteiger partial charge >= 0.3 is 0 Å². The average Bonchev–Trinajstić information content (AvgIpc) is 1.35. The summed E-state index contributed by atoms with van der Waals surface area (Å²) < 4.78 is 0. The summed E-state index contributed by atoms with van der Waals surface area (Å²) in [6.07, 6.45) is 3.87. The van der Waals surface area contributed by atoms with Crippen molar-refractivity contribution in [3.8, 4) is 0 Å². The van der Waals surface area contributed by atoms with Gasteiger partial charge in [0.25, 0.3) is 0 Å². The van der Waals surface area contributed by atoms with Crippen LogP contribution < -0.4 is 0 Å². The van der Waals surface area contributed by atoms with Crippen LogP contribution >= 0.6 is 11.6 Å². The molecule has 0 spiro atoms. The van der Waals surface area contributed by atoms with Crippen LogP contribution in [0.25, 0.3) is 0 Å². The largest absolute Gasteiger partial charge is 0.119 e. The highest BCUT2D eigenvalue weighted by molar-refractivity contribution is 6.21. The number of hydrogen-bond donors (Lipinski definition) is 0. The van der Waals surface area contributed by atoms with Crippen LogP contribution in [0.2, 0.25) is 0 Å². The summed E-state index contributed by atoms with van der Waals surface area (Å²) in [6.45, 7) is 3.89. The van der Waals surface area contributed by atoms with Crippen molar-refractivity contribution in [2.75, 3.05) is 0 Å². The quantitative estimate of drug-likeness (QED) is 0.353. The number of halogens is 1. The molecule has 0 N–H and O–H groups in total. The molecule has 36 valence electrons. The van der Waals surface area contributed by atoms with Crippen LogP contribution in [0.5, 0.6) is 0 Å². The summed E-state index contributed by atoms with van der Waals surface area (Å²) in [4.78, 5) is 0. The fourth-order valence-corrected chi connectivity index (χ4v) is 0.411. The molecule has 1 heteroatoms. The normalized spacial score (nSPS) is 15.8. The maximum atomic E-state index is 5.49. The van der Waals surface area contributed by atoms with E-state index in [0.717, 1.165) is 0 Å². The molecule has 1 unspecified atom stereocenters. The maximum absolute atomic E-state index is 5.49. The lowest BCUT2D eigenvalue weighted by atomic mass is 10.4. The van der Waals surface area contributed by atoms with E-state index < -0.39 is 0 Å². The van der Waals surface area contributed by atoms with Crippen LogP contribution in [0.15, 0.2) is 12.2 Å². The molecule has 0 aromatic carbocycles. The molecule has 0 radical (unpaired) electrons. The van der Waals surface area contributed by atoms with E-state index >= 15 is 0 Å². The predicted octanol–water partition coefficient (Wildman–Crippen LogP) is 2.19. The summed E-state index contributed by atoms with van der Waals surface area (Å²) in [6, 6.07) is 0. The molecule has 0 aliphatic rings. The van der Waals surface area contributed by atoms with E-state index in [-0.39, 0.29) is 5.38 Å². The molecule has 0 aromatic heterocycles. The van der Waals surface area contributed by atoms with Gasteiger partial charge in [0.1, 0.15) is 0 Å². The van der Waals surface area contributed by atoms with Gasteiger partial charge < -0.3 is 0 Å². The van der Waals surface area contributed by atoms with Crippen LogP contribution in [0.1, 0.15) is 13.8 Å². The Balaban J connectivity index is 3.03. The molecule has 0 aromatic rings. The molecule has 1 atom stereocenters. The van der Waals surface area contributed by atoms with Gasteiger partial charge in [-0.25, -0.2) is 0 Å².